The highest BCUT2D eigenvalue weighted by atomic mass is 16.3. The summed E-state index contributed by atoms with van der Waals surface area (Å²) in [6.45, 7) is 9.83. The van der Waals surface area contributed by atoms with E-state index in [9.17, 15) is 9.90 Å². The first-order valence-corrected chi connectivity index (χ1v) is 12.7. The van der Waals surface area contributed by atoms with Crippen molar-refractivity contribution < 1.29 is 9.90 Å². The van der Waals surface area contributed by atoms with E-state index in [4.69, 9.17) is 0 Å². The second kappa shape index (κ2) is 8.13. The van der Waals surface area contributed by atoms with E-state index in [0.29, 0.717) is 17.3 Å². The Balaban J connectivity index is 1.52. The molecule has 8 atom stereocenters. The molecular formula is C27H44O2. The lowest BCUT2D eigenvalue weighted by Gasteiger charge is -2.57. The number of carbonyl (C=O) groups is 1. The summed E-state index contributed by atoms with van der Waals surface area (Å²) >= 11 is 0. The molecule has 0 saturated heterocycles. The van der Waals surface area contributed by atoms with Gasteiger partial charge in [0.1, 0.15) is 6.29 Å². The van der Waals surface area contributed by atoms with Crippen LogP contribution in [-0.2, 0) is 4.79 Å². The summed E-state index contributed by atoms with van der Waals surface area (Å²) in [6.07, 6.45) is 16.5. The zero-order valence-electron chi connectivity index (χ0n) is 19.3. The van der Waals surface area contributed by atoms with Gasteiger partial charge in [-0.15, -0.1) is 0 Å². The van der Waals surface area contributed by atoms with Crippen molar-refractivity contribution >= 4 is 6.29 Å². The molecule has 0 heterocycles. The fourth-order valence-corrected chi connectivity index (χ4v) is 8.59. The summed E-state index contributed by atoms with van der Waals surface area (Å²) in [6, 6.07) is 0. The molecule has 29 heavy (non-hydrogen) atoms. The Hall–Kier alpha value is -0.630. The van der Waals surface area contributed by atoms with Crippen molar-refractivity contribution in [2.24, 2.45) is 46.3 Å². The van der Waals surface area contributed by atoms with Crippen LogP contribution in [0.25, 0.3) is 0 Å². The molecule has 3 saturated carbocycles. The first kappa shape index (κ1) is 21.6. The Kier molecular flexibility index (Phi) is 6.06. The highest BCUT2D eigenvalue weighted by Gasteiger charge is 2.60. The van der Waals surface area contributed by atoms with E-state index in [1.165, 1.54) is 56.8 Å². The molecule has 0 spiro atoms. The Morgan fingerprint density at radius 1 is 1.10 bits per heavy atom. The fraction of sp³-hybridized carbons (Fsp3) is 0.889. The van der Waals surface area contributed by atoms with Crippen LogP contribution in [0.5, 0.6) is 0 Å². The van der Waals surface area contributed by atoms with Gasteiger partial charge in [0.15, 0.2) is 0 Å². The molecule has 4 rings (SSSR count). The summed E-state index contributed by atoms with van der Waals surface area (Å²) in [4.78, 5) is 12.5. The van der Waals surface area contributed by atoms with Crippen molar-refractivity contribution in [3.63, 3.8) is 0 Å². The van der Waals surface area contributed by atoms with E-state index in [1.807, 2.05) is 0 Å². The molecule has 0 radical (unpaired) electrons. The molecule has 4 aliphatic carbocycles. The van der Waals surface area contributed by atoms with Crippen molar-refractivity contribution in [2.75, 3.05) is 0 Å². The van der Waals surface area contributed by atoms with Crippen LogP contribution in [0, 0.1) is 46.3 Å². The highest BCUT2D eigenvalue weighted by Crippen LogP contribution is 2.67. The van der Waals surface area contributed by atoms with Crippen molar-refractivity contribution in [2.45, 2.75) is 104 Å². The highest BCUT2D eigenvalue weighted by molar-refractivity contribution is 5.67. The molecule has 0 aromatic carbocycles. The van der Waals surface area contributed by atoms with Gasteiger partial charge in [0, 0.05) is 0 Å². The predicted octanol–water partition coefficient (Wildman–Crippen LogP) is 6.57. The molecule has 164 valence electrons. The van der Waals surface area contributed by atoms with Crippen LogP contribution in [-0.4, -0.2) is 17.5 Å². The molecule has 2 heteroatoms. The SMILES string of the molecule is CC(C)CCC[C@@H](C)[C@@H]1CC[C@@H]2[C@@H]3CC=C4C[C@H](O)CC[C@]4(C=O)[C@@H]3CC[C@@]21C. The van der Waals surface area contributed by atoms with Gasteiger partial charge in [-0.1, -0.05) is 58.6 Å². The quantitative estimate of drug-likeness (QED) is 0.404. The van der Waals surface area contributed by atoms with Crippen molar-refractivity contribution in [1.82, 2.24) is 0 Å². The molecular weight excluding hydrogens is 356 g/mol. The van der Waals surface area contributed by atoms with Gasteiger partial charge in [0.2, 0.25) is 0 Å². The smallest absolute Gasteiger partial charge is 0.130 e. The van der Waals surface area contributed by atoms with Gasteiger partial charge in [0.05, 0.1) is 11.5 Å². The van der Waals surface area contributed by atoms with E-state index >= 15 is 0 Å². The van der Waals surface area contributed by atoms with Crippen LogP contribution in [0.1, 0.15) is 98.3 Å². The standard InChI is InChI=1S/C27H44O2/c1-18(2)6-5-7-19(3)23-10-11-24-22-9-8-20-16-21(29)12-15-27(20,17-28)25(22)13-14-26(23,24)4/h8,17-19,21-25,29H,5-7,9-16H2,1-4H3/t19-,21-,22+,23+,24-,25-,26-,27-/m1/s1. The summed E-state index contributed by atoms with van der Waals surface area (Å²) in [5, 5.41) is 10.2. The van der Waals surface area contributed by atoms with Crippen LogP contribution >= 0.6 is 0 Å². The molecule has 0 aromatic rings. The zero-order valence-corrected chi connectivity index (χ0v) is 19.3. The Bertz CT molecular complexity index is 636. The molecule has 0 amide bonds. The van der Waals surface area contributed by atoms with E-state index in [0.717, 1.165) is 49.4 Å². The normalized spacial score (nSPS) is 45.2. The Labute approximate surface area is 178 Å². The van der Waals surface area contributed by atoms with E-state index in [1.54, 1.807) is 0 Å². The lowest BCUT2D eigenvalue weighted by atomic mass is 9.46. The van der Waals surface area contributed by atoms with Gasteiger partial charge >= 0.3 is 0 Å². The van der Waals surface area contributed by atoms with Gasteiger partial charge in [-0.2, -0.15) is 0 Å². The van der Waals surface area contributed by atoms with Gasteiger partial charge in [-0.25, -0.2) is 0 Å². The summed E-state index contributed by atoms with van der Waals surface area (Å²) in [5.74, 6) is 4.53. The fourth-order valence-electron chi connectivity index (χ4n) is 8.59. The third kappa shape index (κ3) is 3.56. The minimum atomic E-state index is -0.246. The summed E-state index contributed by atoms with van der Waals surface area (Å²) in [7, 11) is 0. The average Bonchev–Trinajstić information content (AvgIpc) is 3.04. The lowest BCUT2D eigenvalue weighted by Crippen LogP contribution is -2.52. The summed E-state index contributed by atoms with van der Waals surface area (Å²) in [5.41, 5.74) is 1.51. The van der Waals surface area contributed by atoms with Crippen LogP contribution in [0.15, 0.2) is 11.6 Å². The first-order valence-electron chi connectivity index (χ1n) is 12.7. The maximum atomic E-state index is 12.5. The Morgan fingerprint density at radius 2 is 1.90 bits per heavy atom. The molecule has 0 aliphatic heterocycles. The molecule has 1 N–H and O–H groups in total. The number of carbonyl (C=O) groups excluding carboxylic acids is 1. The van der Waals surface area contributed by atoms with Crippen LogP contribution < -0.4 is 0 Å². The molecule has 4 aliphatic rings. The monoisotopic (exact) mass is 400 g/mol. The topological polar surface area (TPSA) is 37.3 Å². The second-order valence-electron chi connectivity index (χ2n) is 11.9. The molecule has 0 unspecified atom stereocenters. The van der Waals surface area contributed by atoms with E-state index in [2.05, 4.69) is 33.8 Å². The number of hydrogen-bond donors (Lipinski definition) is 1. The Morgan fingerprint density at radius 3 is 2.62 bits per heavy atom. The van der Waals surface area contributed by atoms with E-state index < -0.39 is 0 Å². The van der Waals surface area contributed by atoms with Gasteiger partial charge in [-0.05, 0) is 92.3 Å². The summed E-state index contributed by atoms with van der Waals surface area (Å²) < 4.78 is 0. The van der Waals surface area contributed by atoms with Gasteiger partial charge in [0.25, 0.3) is 0 Å². The number of aldehydes is 1. The molecule has 3 fully saturated rings. The van der Waals surface area contributed by atoms with Gasteiger partial charge < -0.3 is 9.90 Å². The van der Waals surface area contributed by atoms with Crippen molar-refractivity contribution in [1.29, 1.82) is 0 Å². The number of allylic oxidation sites excluding steroid dienone is 1. The second-order valence-corrected chi connectivity index (χ2v) is 11.9. The predicted molar refractivity (Wildman–Crippen MR) is 119 cm³/mol. The van der Waals surface area contributed by atoms with Crippen LogP contribution in [0.2, 0.25) is 0 Å². The minimum Gasteiger partial charge on any atom is -0.393 e. The third-order valence-corrected chi connectivity index (χ3v) is 10.1. The maximum absolute atomic E-state index is 12.5. The largest absolute Gasteiger partial charge is 0.393 e. The van der Waals surface area contributed by atoms with Crippen molar-refractivity contribution in [3.05, 3.63) is 11.6 Å². The van der Waals surface area contributed by atoms with Crippen LogP contribution in [0.3, 0.4) is 0 Å². The van der Waals surface area contributed by atoms with Crippen molar-refractivity contribution in [3.8, 4) is 0 Å². The van der Waals surface area contributed by atoms with Gasteiger partial charge in [-0.3, -0.25) is 0 Å². The number of aliphatic hydroxyl groups excluding tert-OH is 1. The number of hydrogen-bond acceptors (Lipinski definition) is 2. The number of aliphatic hydroxyl groups is 1. The first-order chi connectivity index (χ1) is 13.8. The molecule has 2 nitrogen and oxygen atoms in total. The third-order valence-electron chi connectivity index (χ3n) is 10.1. The zero-order chi connectivity index (χ0) is 20.8. The van der Waals surface area contributed by atoms with Crippen LogP contribution in [0.4, 0.5) is 0 Å². The number of rotatable bonds is 6. The number of fused-ring (bicyclic) bond motifs is 5. The minimum absolute atomic E-state index is 0.234. The lowest BCUT2D eigenvalue weighted by molar-refractivity contribution is -0.127. The van der Waals surface area contributed by atoms with E-state index in [-0.39, 0.29) is 11.5 Å². The molecule has 0 aromatic heterocycles. The molecule has 0 bridgehead atoms. The maximum Gasteiger partial charge on any atom is 0.130 e. The average molecular weight is 401 g/mol.